The summed E-state index contributed by atoms with van der Waals surface area (Å²) in [6, 6.07) is 10.9. The summed E-state index contributed by atoms with van der Waals surface area (Å²) in [7, 11) is 0. The zero-order chi connectivity index (χ0) is 40.8. The van der Waals surface area contributed by atoms with Crippen molar-refractivity contribution < 1.29 is 10.2 Å². The number of likely N-dealkylation sites (tertiary alicyclic amines) is 2. The van der Waals surface area contributed by atoms with E-state index in [1.165, 1.54) is 179 Å². The summed E-state index contributed by atoms with van der Waals surface area (Å²) in [4.78, 5) is 11.0. The van der Waals surface area contributed by atoms with E-state index in [1.807, 2.05) is 0 Å². The van der Waals surface area contributed by atoms with E-state index in [2.05, 4.69) is 57.7 Å². The molecule has 10 rings (SSSR count). The minimum Gasteiger partial charge on any atom is -0.508 e. The predicted molar refractivity (Wildman–Crippen MR) is 275 cm³/mol. The maximum Gasteiger partial charge on any atom is 0.120 e. The molecule has 6 nitrogen and oxygen atoms in total. The molecule has 8 aliphatic rings. The average molecular weight is 965 g/mol. The van der Waals surface area contributed by atoms with Crippen LogP contribution in [0.4, 0.5) is 0 Å². The molecule has 2 aromatic rings. The average Bonchev–Trinajstić information content (AvgIpc) is 3.23. The van der Waals surface area contributed by atoms with E-state index in [4.69, 9.17) is 0 Å². The molecule has 0 unspecified atom stereocenters. The summed E-state index contributed by atoms with van der Waals surface area (Å²) in [5.41, 5.74) is 9.11. The number of hydrogen-bond acceptors (Lipinski definition) is 6. The fraction of sp³-hybridized carbons (Fsp3) is 0.778. The van der Waals surface area contributed by atoms with E-state index < -0.39 is 0 Å². The van der Waals surface area contributed by atoms with Gasteiger partial charge in [-0.25, -0.2) is 0 Å². The molecule has 2 aromatic carbocycles. The van der Waals surface area contributed by atoms with Gasteiger partial charge >= 0.3 is 0 Å². The first-order valence-corrected chi connectivity index (χ1v) is 26.0. The Labute approximate surface area is 413 Å². The third-order valence-corrected chi connectivity index (χ3v) is 19.1. The molecule has 64 heavy (non-hydrogen) atoms. The van der Waals surface area contributed by atoms with Crippen molar-refractivity contribution in [2.75, 3.05) is 52.4 Å². The van der Waals surface area contributed by atoms with Crippen molar-refractivity contribution in [1.29, 1.82) is 0 Å². The fourth-order valence-corrected chi connectivity index (χ4v) is 15.3. The summed E-state index contributed by atoms with van der Waals surface area (Å²) < 4.78 is 0. The highest BCUT2D eigenvalue weighted by molar-refractivity contribution is 5.86. The van der Waals surface area contributed by atoms with Gasteiger partial charge in [-0.15, -0.1) is 49.6 Å². The number of aromatic hydroxyl groups is 2. The van der Waals surface area contributed by atoms with Gasteiger partial charge in [-0.1, -0.05) is 77.3 Å². The van der Waals surface area contributed by atoms with Gasteiger partial charge in [0.2, 0.25) is 0 Å². The molecule has 6 atom stereocenters. The van der Waals surface area contributed by atoms with Gasteiger partial charge in [-0.2, -0.15) is 0 Å². The molecule has 2 saturated heterocycles. The maximum atomic E-state index is 11.6. The highest BCUT2D eigenvalue weighted by Gasteiger charge is 2.55. The van der Waals surface area contributed by atoms with Gasteiger partial charge in [-0.05, 0) is 187 Å². The number of hydrogen-bond donors (Lipinski definition) is 2. The van der Waals surface area contributed by atoms with Gasteiger partial charge in [0.15, 0.2) is 0 Å². The third-order valence-electron chi connectivity index (χ3n) is 19.1. The quantitative estimate of drug-likeness (QED) is 0.154. The molecule has 0 spiro atoms. The number of phenols is 2. The van der Waals surface area contributed by atoms with E-state index in [0.29, 0.717) is 34.4 Å². The number of piperidine rings is 2. The second kappa shape index (κ2) is 22.6. The lowest BCUT2D eigenvalue weighted by Crippen LogP contribution is -2.61. The van der Waals surface area contributed by atoms with Crippen molar-refractivity contribution in [1.82, 2.24) is 19.6 Å². The Kier molecular flexibility index (Phi) is 18.5. The minimum atomic E-state index is 0. The maximum absolute atomic E-state index is 11.6. The van der Waals surface area contributed by atoms with Crippen LogP contribution in [0, 0.1) is 23.7 Å². The van der Waals surface area contributed by atoms with Crippen molar-refractivity contribution >= 4 is 49.6 Å². The monoisotopic (exact) mass is 963 g/mol. The Hall–Kier alpha value is -0.960. The first kappa shape index (κ1) is 52.4. The summed E-state index contributed by atoms with van der Waals surface area (Å²) in [5.74, 6) is 4.54. The molecule has 6 fully saturated rings. The highest BCUT2D eigenvalue weighted by atomic mass is 35.5. The normalized spacial score (nSPS) is 29.6. The highest BCUT2D eigenvalue weighted by Crippen LogP contribution is 2.58. The number of nitrogens with zero attached hydrogens (tertiary/aromatic N) is 4. The van der Waals surface area contributed by atoms with Crippen LogP contribution in [-0.2, 0) is 36.8 Å². The van der Waals surface area contributed by atoms with Crippen LogP contribution < -0.4 is 0 Å². The Morgan fingerprint density at radius 2 is 0.953 bits per heavy atom. The van der Waals surface area contributed by atoms with Crippen LogP contribution in [0.3, 0.4) is 0 Å². The lowest BCUT2D eigenvalue weighted by Gasteiger charge is -2.59. The minimum absolute atomic E-state index is 0. The number of halogens is 4. The summed E-state index contributed by atoms with van der Waals surface area (Å²) in [5, 5.41) is 23.2. The molecule has 4 saturated carbocycles. The number of phenolic OH excluding ortho intramolecular Hbond substituents is 2. The third kappa shape index (κ3) is 10.0. The molecular formula is C54H86Cl4N4O2. The Bertz CT molecular complexity index is 1700. The van der Waals surface area contributed by atoms with Crippen molar-refractivity contribution in [3.63, 3.8) is 0 Å². The number of benzene rings is 2. The van der Waals surface area contributed by atoms with Crippen molar-refractivity contribution in [3.8, 4) is 11.5 Å². The molecule has 0 aromatic heterocycles. The Morgan fingerprint density at radius 1 is 0.531 bits per heavy atom. The van der Waals surface area contributed by atoms with Crippen LogP contribution in [0.2, 0.25) is 0 Å². The van der Waals surface area contributed by atoms with Crippen LogP contribution in [0.5, 0.6) is 11.5 Å². The molecule has 0 amide bonds. The van der Waals surface area contributed by atoms with Crippen LogP contribution in [0.25, 0.3) is 0 Å². The fourth-order valence-electron chi connectivity index (χ4n) is 15.3. The largest absolute Gasteiger partial charge is 0.508 e. The lowest BCUT2D eigenvalue weighted by atomic mass is 9.52. The molecule has 0 radical (unpaired) electrons. The predicted octanol–water partition coefficient (Wildman–Crippen LogP) is 12.4. The zero-order valence-electron chi connectivity index (χ0n) is 39.7. The molecule has 2 heterocycles. The Balaban J connectivity index is 0.00000170. The molecular weight excluding hydrogens is 878 g/mol. The van der Waals surface area contributed by atoms with E-state index in [1.54, 1.807) is 11.1 Å². The van der Waals surface area contributed by atoms with Gasteiger partial charge in [0.25, 0.3) is 0 Å². The van der Waals surface area contributed by atoms with Crippen LogP contribution in [0.1, 0.15) is 176 Å². The SMILES string of the molecule is CCN(CCCCCCN(CC)Cc1cc2c(cc1O)[C@@]13CCCC[C@H]1[C@@H](C2)N(CC1CCC1)CC3)Cc1cc2c(cc1O)[C@@]13CCCC[C@H]1[C@@H](C2)N(CC1CCC1)CC3.Cl.Cl.Cl.Cl. The molecule has 2 N–H and O–H groups in total. The van der Waals surface area contributed by atoms with Crippen LogP contribution >= 0.6 is 49.6 Å². The van der Waals surface area contributed by atoms with Crippen LogP contribution in [-0.4, -0.2) is 94.3 Å². The van der Waals surface area contributed by atoms with E-state index in [9.17, 15) is 10.2 Å². The number of rotatable bonds is 17. The van der Waals surface area contributed by atoms with Gasteiger partial charge in [-0.3, -0.25) is 19.6 Å². The second-order valence-corrected chi connectivity index (χ2v) is 22.1. The number of unbranched alkanes of at least 4 members (excludes halogenated alkanes) is 3. The van der Waals surface area contributed by atoms with Crippen molar-refractivity contribution in [2.24, 2.45) is 23.7 Å². The lowest BCUT2D eigenvalue weighted by molar-refractivity contribution is -0.0241. The Morgan fingerprint density at radius 3 is 1.33 bits per heavy atom. The van der Waals surface area contributed by atoms with Gasteiger partial charge in [0.1, 0.15) is 11.5 Å². The second-order valence-electron chi connectivity index (χ2n) is 22.1. The summed E-state index contributed by atoms with van der Waals surface area (Å²) in [6.07, 6.45) is 29.4. The van der Waals surface area contributed by atoms with E-state index in [0.717, 1.165) is 74.1 Å². The van der Waals surface area contributed by atoms with Crippen molar-refractivity contribution in [2.45, 2.75) is 191 Å². The van der Waals surface area contributed by atoms with Gasteiger partial charge < -0.3 is 10.2 Å². The molecule has 362 valence electrons. The molecule has 2 aliphatic heterocycles. The topological polar surface area (TPSA) is 53.4 Å². The molecule has 10 heteroatoms. The van der Waals surface area contributed by atoms with E-state index in [-0.39, 0.29) is 49.6 Å². The number of fused-ring (bicyclic) bond motifs is 2. The van der Waals surface area contributed by atoms with E-state index >= 15 is 0 Å². The van der Waals surface area contributed by atoms with Crippen molar-refractivity contribution in [3.05, 3.63) is 57.6 Å². The zero-order valence-corrected chi connectivity index (χ0v) is 43.0. The summed E-state index contributed by atoms with van der Waals surface area (Å²) in [6.45, 7) is 15.7. The first-order chi connectivity index (χ1) is 29.4. The molecule has 4 bridgehead atoms. The van der Waals surface area contributed by atoms with Gasteiger partial charge in [0, 0.05) is 60.2 Å². The summed E-state index contributed by atoms with van der Waals surface area (Å²) >= 11 is 0. The molecule has 6 aliphatic carbocycles. The van der Waals surface area contributed by atoms with Crippen LogP contribution in [0.15, 0.2) is 24.3 Å². The smallest absolute Gasteiger partial charge is 0.120 e. The van der Waals surface area contributed by atoms with Gasteiger partial charge in [0.05, 0.1) is 0 Å². The standard InChI is InChI=1S/C54H82N4O2.4ClH/c1-3-55(37-43-29-41-31-49-45-19-7-9-21-53(45,47(41)33-51(43)59)23-27-57(49)35-39-15-13-16-39)25-11-5-6-12-26-56(4-2)38-44-30-42-32-50-46-20-8-10-22-54(46,48(42)34-52(44)60)24-28-58(50)36-40-17-14-18-40;;;;/h29-30,33-34,39-40,45-46,49-50,59-60H,3-28,31-32,35-38H2,1-2H3;4*1H/t45-,46-,49+,50+,53+,54+;;;;/m0..../s1. The first-order valence-electron chi connectivity index (χ1n) is 26.0.